The Morgan fingerprint density at radius 3 is 2.66 bits per heavy atom. The van der Waals surface area contributed by atoms with Gasteiger partial charge in [-0.1, -0.05) is 18.5 Å². The van der Waals surface area contributed by atoms with E-state index in [9.17, 15) is 0 Å². The monoisotopic (exact) mass is 452 g/mol. The third kappa shape index (κ3) is 3.65. The average molecular weight is 453 g/mol. The largest absolute Gasteiger partial charge is 0.378 e. The van der Waals surface area contributed by atoms with E-state index in [2.05, 4.69) is 32.8 Å². The van der Waals surface area contributed by atoms with Crippen LogP contribution in [0.1, 0.15) is 38.3 Å². The molecule has 4 aliphatic rings. The molecule has 0 amide bonds. The SMILES string of the molecule is CC1C2CCC(CC2)C1Cc1cc(N2CCOCC2)nc(-c2c[nH]c3ncc(Cl)nc23)n1. The fraction of sp³-hybridized carbons (Fsp3) is 0.583. The number of fused-ring (bicyclic) bond motifs is 4. The molecule has 168 valence electrons. The molecule has 3 aliphatic carbocycles. The molecule has 1 N–H and O–H groups in total. The summed E-state index contributed by atoms with van der Waals surface area (Å²) in [4.78, 5) is 24.4. The van der Waals surface area contributed by atoms with Crippen LogP contribution in [0.4, 0.5) is 5.82 Å². The number of nitrogens with zero attached hydrogens (tertiary/aromatic N) is 5. The second kappa shape index (κ2) is 8.27. The van der Waals surface area contributed by atoms with Crippen LogP contribution >= 0.6 is 11.6 Å². The molecule has 2 unspecified atom stereocenters. The molecule has 0 aromatic carbocycles. The number of aromatic nitrogens is 5. The summed E-state index contributed by atoms with van der Waals surface area (Å²) < 4.78 is 5.57. The lowest BCUT2D eigenvalue weighted by atomic mass is 9.58. The zero-order valence-electron chi connectivity index (χ0n) is 18.4. The van der Waals surface area contributed by atoms with Gasteiger partial charge in [0.05, 0.1) is 25.0 Å². The number of aromatic amines is 1. The van der Waals surface area contributed by atoms with Crippen LogP contribution in [0.2, 0.25) is 5.15 Å². The topological polar surface area (TPSA) is 79.8 Å². The van der Waals surface area contributed by atoms with E-state index in [4.69, 9.17) is 26.3 Å². The van der Waals surface area contributed by atoms with E-state index < -0.39 is 0 Å². The second-order valence-electron chi connectivity index (χ2n) is 9.63. The Hall–Kier alpha value is -2.25. The van der Waals surface area contributed by atoms with Crippen LogP contribution < -0.4 is 4.90 Å². The zero-order chi connectivity index (χ0) is 21.7. The van der Waals surface area contributed by atoms with Crippen LogP contribution in [-0.4, -0.2) is 51.2 Å². The van der Waals surface area contributed by atoms with Crippen LogP contribution in [0.5, 0.6) is 0 Å². The summed E-state index contributed by atoms with van der Waals surface area (Å²) in [5.41, 5.74) is 3.40. The summed E-state index contributed by atoms with van der Waals surface area (Å²) in [5.74, 6) is 4.87. The molecule has 1 aliphatic heterocycles. The minimum absolute atomic E-state index is 0.370. The normalized spacial score (nSPS) is 27.9. The molecule has 3 aromatic rings. The molecule has 32 heavy (non-hydrogen) atoms. The summed E-state index contributed by atoms with van der Waals surface area (Å²) in [7, 11) is 0. The average Bonchev–Trinajstić information content (AvgIpc) is 3.25. The first-order chi connectivity index (χ1) is 15.7. The zero-order valence-corrected chi connectivity index (χ0v) is 19.2. The quantitative estimate of drug-likeness (QED) is 0.626. The Labute approximate surface area is 193 Å². The maximum absolute atomic E-state index is 6.15. The lowest BCUT2D eigenvalue weighted by Crippen LogP contribution is -2.40. The number of ether oxygens (including phenoxy) is 1. The Bertz CT molecular complexity index is 1120. The van der Waals surface area contributed by atoms with Crippen molar-refractivity contribution >= 4 is 28.6 Å². The summed E-state index contributed by atoms with van der Waals surface area (Å²) in [6, 6.07) is 2.21. The van der Waals surface area contributed by atoms with Crippen molar-refractivity contribution in [1.82, 2.24) is 24.9 Å². The van der Waals surface area contributed by atoms with Crippen molar-refractivity contribution in [1.29, 1.82) is 0 Å². The molecule has 2 bridgehead atoms. The lowest BCUT2D eigenvalue weighted by Gasteiger charge is -2.47. The van der Waals surface area contributed by atoms with E-state index in [0.29, 0.717) is 28.1 Å². The summed E-state index contributed by atoms with van der Waals surface area (Å²) >= 11 is 6.15. The van der Waals surface area contributed by atoms with Crippen LogP contribution in [0.3, 0.4) is 0 Å². The van der Waals surface area contributed by atoms with Crippen molar-refractivity contribution in [2.24, 2.45) is 23.7 Å². The number of H-pyrrole nitrogens is 1. The molecular weight excluding hydrogens is 424 g/mol. The van der Waals surface area contributed by atoms with Crippen LogP contribution in [-0.2, 0) is 11.2 Å². The van der Waals surface area contributed by atoms with Gasteiger partial charge in [-0.3, -0.25) is 0 Å². The Morgan fingerprint density at radius 2 is 1.88 bits per heavy atom. The molecule has 4 fully saturated rings. The van der Waals surface area contributed by atoms with Crippen LogP contribution in [0.25, 0.3) is 22.6 Å². The van der Waals surface area contributed by atoms with Gasteiger partial charge < -0.3 is 14.6 Å². The first kappa shape index (κ1) is 20.4. The van der Waals surface area contributed by atoms with Crippen molar-refractivity contribution in [2.45, 2.75) is 39.0 Å². The van der Waals surface area contributed by atoms with Gasteiger partial charge in [0.1, 0.15) is 16.5 Å². The minimum atomic E-state index is 0.370. The highest BCUT2D eigenvalue weighted by Gasteiger charge is 2.41. The van der Waals surface area contributed by atoms with Crippen molar-refractivity contribution in [3.8, 4) is 11.4 Å². The van der Waals surface area contributed by atoms with E-state index in [1.54, 1.807) is 6.20 Å². The second-order valence-corrected chi connectivity index (χ2v) is 10.0. The molecule has 7 rings (SSSR count). The highest BCUT2D eigenvalue weighted by atomic mass is 35.5. The highest BCUT2D eigenvalue weighted by molar-refractivity contribution is 6.29. The Balaban J connectivity index is 1.40. The predicted molar refractivity (Wildman–Crippen MR) is 125 cm³/mol. The van der Waals surface area contributed by atoms with E-state index in [-0.39, 0.29) is 0 Å². The Morgan fingerprint density at radius 1 is 1.09 bits per heavy atom. The van der Waals surface area contributed by atoms with E-state index >= 15 is 0 Å². The van der Waals surface area contributed by atoms with Crippen molar-refractivity contribution in [3.05, 3.63) is 29.3 Å². The van der Waals surface area contributed by atoms with Gasteiger partial charge in [0.25, 0.3) is 0 Å². The number of anilines is 1. The van der Waals surface area contributed by atoms with Crippen molar-refractivity contribution in [3.63, 3.8) is 0 Å². The molecule has 3 aromatic heterocycles. The number of halogens is 1. The van der Waals surface area contributed by atoms with Gasteiger partial charge in [0.15, 0.2) is 11.5 Å². The molecule has 1 saturated heterocycles. The Kier molecular flexibility index (Phi) is 5.26. The first-order valence-corrected chi connectivity index (χ1v) is 12.2. The van der Waals surface area contributed by atoms with Crippen molar-refractivity contribution < 1.29 is 4.74 Å². The molecule has 3 saturated carbocycles. The molecule has 2 atom stereocenters. The third-order valence-electron chi connectivity index (χ3n) is 7.98. The molecule has 8 heteroatoms. The van der Waals surface area contributed by atoms with E-state index in [1.807, 2.05) is 6.20 Å². The first-order valence-electron chi connectivity index (χ1n) is 11.9. The maximum Gasteiger partial charge on any atom is 0.165 e. The minimum Gasteiger partial charge on any atom is -0.378 e. The van der Waals surface area contributed by atoms with Gasteiger partial charge in [-0.25, -0.2) is 19.9 Å². The van der Waals surface area contributed by atoms with Gasteiger partial charge in [-0.05, 0) is 55.8 Å². The van der Waals surface area contributed by atoms with E-state index in [0.717, 1.165) is 67.6 Å². The number of hydrogen-bond acceptors (Lipinski definition) is 6. The molecule has 0 spiro atoms. The summed E-state index contributed by atoms with van der Waals surface area (Å²) in [6.45, 7) is 5.61. The molecular formula is C24H29ClN6O. The van der Waals surface area contributed by atoms with Gasteiger partial charge in [0.2, 0.25) is 0 Å². The fourth-order valence-corrected chi connectivity index (χ4v) is 6.31. The fourth-order valence-electron chi connectivity index (χ4n) is 6.17. The highest BCUT2D eigenvalue weighted by Crippen LogP contribution is 2.49. The van der Waals surface area contributed by atoms with Crippen LogP contribution in [0.15, 0.2) is 18.5 Å². The smallest absolute Gasteiger partial charge is 0.165 e. The van der Waals surface area contributed by atoms with Crippen LogP contribution in [0, 0.1) is 23.7 Å². The third-order valence-corrected chi connectivity index (χ3v) is 8.16. The molecule has 4 heterocycles. The number of hydrogen-bond donors (Lipinski definition) is 1. The van der Waals surface area contributed by atoms with Gasteiger partial charge in [-0.2, -0.15) is 0 Å². The van der Waals surface area contributed by atoms with E-state index in [1.165, 1.54) is 25.7 Å². The molecule has 0 radical (unpaired) electrons. The standard InChI is InChI=1S/C24H29ClN6O/c1-14-15-2-4-16(5-3-15)18(14)10-17-11-21(31-6-8-32-9-7-31)30-23(28-17)19-12-26-24-22(19)29-20(25)13-27-24/h11-16,18H,2-10H2,1H3,(H,26,27). The summed E-state index contributed by atoms with van der Waals surface area (Å²) in [5, 5.41) is 0.370. The maximum atomic E-state index is 6.15. The van der Waals surface area contributed by atoms with Gasteiger partial charge >= 0.3 is 0 Å². The molecule has 7 nitrogen and oxygen atoms in total. The number of nitrogens with one attached hydrogen (secondary N) is 1. The van der Waals surface area contributed by atoms with Gasteiger partial charge in [-0.15, -0.1) is 0 Å². The summed E-state index contributed by atoms with van der Waals surface area (Å²) in [6.07, 6.45) is 10.0. The number of morpholine rings is 1. The predicted octanol–water partition coefficient (Wildman–Crippen LogP) is 4.52. The van der Waals surface area contributed by atoms with Crippen molar-refractivity contribution in [2.75, 3.05) is 31.2 Å². The number of rotatable bonds is 4. The van der Waals surface area contributed by atoms with Gasteiger partial charge in [0, 0.05) is 31.0 Å². The lowest BCUT2D eigenvalue weighted by molar-refractivity contribution is 0.0339.